The van der Waals surface area contributed by atoms with Crippen molar-refractivity contribution in [3.8, 4) is 0 Å². The highest BCUT2D eigenvalue weighted by Gasteiger charge is 2.38. The van der Waals surface area contributed by atoms with Crippen LogP contribution in [-0.4, -0.2) is 56.5 Å². The van der Waals surface area contributed by atoms with Crippen molar-refractivity contribution in [2.45, 2.75) is 45.1 Å². The van der Waals surface area contributed by atoms with E-state index in [4.69, 9.17) is 9.47 Å². The van der Waals surface area contributed by atoms with Crippen LogP contribution in [0.1, 0.15) is 39.0 Å². The predicted octanol–water partition coefficient (Wildman–Crippen LogP) is 2.01. The van der Waals surface area contributed by atoms with Crippen molar-refractivity contribution in [3.05, 3.63) is 0 Å². The van der Waals surface area contributed by atoms with Crippen molar-refractivity contribution in [1.29, 1.82) is 0 Å². The molecule has 2 atom stereocenters. The summed E-state index contributed by atoms with van der Waals surface area (Å²) in [5.41, 5.74) is 0.105. The molecule has 3 fully saturated rings. The molecular formula is C16H28N2O3. The van der Waals surface area contributed by atoms with Gasteiger partial charge in [0, 0.05) is 37.8 Å². The van der Waals surface area contributed by atoms with Gasteiger partial charge in [-0.15, -0.1) is 0 Å². The van der Waals surface area contributed by atoms with Crippen LogP contribution in [0.3, 0.4) is 0 Å². The maximum absolute atomic E-state index is 12.6. The molecule has 2 saturated heterocycles. The Bertz CT molecular complexity index is 369. The van der Waals surface area contributed by atoms with Gasteiger partial charge in [-0.3, -0.25) is 0 Å². The van der Waals surface area contributed by atoms with Crippen molar-refractivity contribution >= 4 is 6.03 Å². The Labute approximate surface area is 127 Å². The van der Waals surface area contributed by atoms with Gasteiger partial charge in [0.25, 0.3) is 0 Å². The van der Waals surface area contributed by atoms with E-state index in [9.17, 15) is 4.79 Å². The zero-order chi connectivity index (χ0) is 14.7. The standard InChI is InChI=1S/C16H28N2O3/c1-13-3-2-4-14(13)17-15(19)18-7-10-21-12-16(11-18)5-8-20-9-6-16/h13-14H,2-12H2,1H3,(H,17,19). The van der Waals surface area contributed by atoms with E-state index in [2.05, 4.69) is 12.2 Å². The number of urea groups is 1. The Kier molecular flexibility index (Phi) is 4.69. The molecule has 0 aromatic carbocycles. The average molecular weight is 296 g/mol. The van der Waals surface area contributed by atoms with E-state index < -0.39 is 0 Å². The van der Waals surface area contributed by atoms with Gasteiger partial charge in [-0.2, -0.15) is 0 Å². The SMILES string of the molecule is CC1CCCC1NC(=O)N1CCOCC2(CCOCC2)C1. The second-order valence-corrected chi connectivity index (χ2v) is 7.05. The first kappa shape index (κ1) is 15.1. The topological polar surface area (TPSA) is 50.8 Å². The lowest BCUT2D eigenvalue weighted by atomic mass is 9.80. The third-order valence-electron chi connectivity index (χ3n) is 5.45. The summed E-state index contributed by atoms with van der Waals surface area (Å²) < 4.78 is 11.3. The number of rotatable bonds is 1. The van der Waals surface area contributed by atoms with Crippen LogP contribution >= 0.6 is 0 Å². The second-order valence-electron chi connectivity index (χ2n) is 7.05. The summed E-state index contributed by atoms with van der Waals surface area (Å²) in [4.78, 5) is 14.6. The summed E-state index contributed by atoms with van der Waals surface area (Å²) in [6.45, 7) is 6.75. The molecule has 2 unspecified atom stereocenters. The molecule has 0 radical (unpaired) electrons. The highest BCUT2D eigenvalue weighted by Crippen LogP contribution is 2.33. The molecule has 2 heterocycles. The number of ether oxygens (including phenoxy) is 2. The fraction of sp³-hybridized carbons (Fsp3) is 0.938. The molecular weight excluding hydrogens is 268 g/mol. The maximum atomic E-state index is 12.6. The predicted molar refractivity (Wildman–Crippen MR) is 80.2 cm³/mol. The number of nitrogens with zero attached hydrogens (tertiary/aromatic N) is 1. The largest absolute Gasteiger partial charge is 0.381 e. The summed E-state index contributed by atoms with van der Waals surface area (Å²) in [7, 11) is 0. The minimum Gasteiger partial charge on any atom is -0.381 e. The fourth-order valence-corrected chi connectivity index (χ4v) is 3.88. The quantitative estimate of drug-likeness (QED) is 0.805. The van der Waals surface area contributed by atoms with Gasteiger partial charge in [-0.05, 0) is 31.6 Å². The van der Waals surface area contributed by atoms with Gasteiger partial charge < -0.3 is 19.7 Å². The van der Waals surface area contributed by atoms with Gasteiger partial charge in [0.1, 0.15) is 0 Å². The van der Waals surface area contributed by atoms with Crippen LogP contribution < -0.4 is 5.32 Å². The van der Waals surface area contributed by atoms with Crippen LogP contribution in [0.15, 0.2) is 0 Å². The van der Waals surface area contributed by atoms with E-state index in [0.717, 1.165) is 45.6 Å². The summed E-state index contributed by atoms with van der Waals surface area (Å²) in [5, 5.41) is 3.25. The molecule has 0 aromatic rings. The molecule has 3 rings (SSSR count). The number of hydrogen-bond acceptors (Lipinski definition) is 3. The minimum atomic E-state index is 0.102. The number of hydrogen-bond donors (Lipinski definition) is 1. The highest BCUT2D eigenvalue weighted by atomic mass is 16.5. The van der Waals surface area contributed by atoms with Crippen LogP contribution in [0.25, 0.3) is 0 Å². The van der Waals surface area contributed by atoms with E-state index in [1.54, 1.807) is 0 Å². The van der Waals surface area contributed by atoms with E-state index in [1.807, 2.05) is 4.90 Å². The molecule has 5 nitrogen and oxygen atoms in total. The lowest BCUT2D eigenvalue weighted by molar-refractivity contribution is -0.0295. The van der Waals surface area contributed by atoms with Crippen LogP contribution in [0, 0.1) is 11.3 Å². The van der Waals surface area contributed by atoms with Gasteiger partial charge in [0.2, 0.25) is 0 Å². The van der Waals surface area contributed by atoms with Gasteiger partial charge in [0.15, 0.2) is 0 Å². The monoisotopic (exact) mass is 296 g/mol. The van der Waals surface area contributed by atoms with Crippen LogP contribution in [-0.2, 0) is 9.47 Å². The first-order valence-electron chi connectivity index (χ1n) is 8.39. The summed E-state index contributed by atoms with van der Waals surface area (Å²) >= 11 is 0. The summed E-state index contributed by atoms with van der Waals surface area (Å²) in [6, 6.07) is 0.456. The normalized spacial score (nSPS) is 32.9. The average Bonchev–Trinajstić information content (AvgIpc) is 2.77. The van der Waals surface area contributed by atoms with E-state index in [-0.39, 0.29) is 11.4 Å². The Morgan fingerprint density at radius 3 is 2.71 bits per heavy atom. The lowest BCUT2D eigenvalue weighted by Crippen LogP contribution is -2.50. The zero-order valence-corrected chi connectivity index (χ0v) is 13.1. The second kappa shape index (κ2) is 6.53. The molecule has 1 N–H and O–H groups in total. The Morgan fingerprint density at radius 2 is 2.00 bits per heavy atom. The summed E-state index contributed by atoms with van der Waals surface area (Å²) in [6.07, 6.45) is 5.58. The van der Waals surface area contributed by atoms with Crippen molar-refractivity contribution in [2.75, 3.05) is 39.5 Å². The Balaban J connectivity index is 1.61. The highest BCUT2D eigenvalue weighted by molar-refractivity contribution is 5.74. The van der Waals surface area contributed by atoms with E-state index >= 15 is 0 Å². The lowest BCUT2D eigenvalue weighted by Gasteiger charge is -2.38. The van der Waals surface area contributed by atoms with Gasteiger partial charge >= 0.3 is 6.03 Å². The summed E-state index contributed by atoms with van der Waals surface area (Å²) in [5.74, 6) is 0.606. The molecule has 3 aliphatic rings. The molecule has 1 spiro atoms. The zero-order valence-electron chi connectivity index (χ0n) is 13.1. The third-order valence-corrected chi connectivity index (χ3v) is 5.45. The molecule has 0 aromatic heterocycles. The van der Waals surface area contributed by atoms with Crippen LogP contribution in [0.5, 0.6) is 0 Å². The number of carbonyl (C=O) groups is 1. The molecule has 2 amide bonds. The fourth-order valence-electron chi connectivity index (χ4n) is 3.88. The van der Waals surface area contributed by atoms with Gasteiger partial charge in [-0.25, -0.2) is 4.79 Å². The molecule has 2 aliphatic heterocycles. The Morgan fingerprint density at radius 1 is 1.19 bits per heavy atom. The smallest absolute Gasteiger partial charge is 0.317 e. The first-order valence-corrected chi connectivity index (χ1v) is 8.39. The molecule has 21 heavy (non-hydrogen) atoms. The first-order chi connectivity index (χ1) is 10.2. The molecule has 1 saturated carbocycles. The number of carbonyl (C=O) groups excluding carboxylic acids is 1. The van der Waals surface area contributed by atoms with Crippen molar-refractivity contribution in [1.82, 2.24) is 10.2 Å². The van der Waals surface area contributed by atoms with Gasteiger partial charge in [0.05, 0.1) is 13.2 Å². The van der Waals surface area contributed by atoms with Crippen LogP contribution in [0.2, 0.25) is 0 Å². The van der Waals surface area contributed by atoms with Crippen molar-refractivity contribution < 1.29 is 14.3 Å². The maximum Gasteiger partial charge on any atom is 0.317 e. The molecule has 0 bridgehead atoms. The van der Waals surface area contributed by atoms with E-state index in [0.29, 0.717) is 25.1 Å². The minimum absolute atomic E-state index is 0.102. The van der Waals surface area contributed by atoms with E-state index in [1.165, 1.54) is 12.8 Å². The Hall–Kier alpha value is -0.810. The molecule has 1 aliphatic carbocycles. The molecule has 120 valence electrons. The third kappa shape index (κ3) is 3.51. The van der Waals surface area contributed by atoms with Crippen molar-refractivity contribution in [2.24, 2.45) is 11.3 Å². The number of amides is 2. The molecule has 5 heteroatoms. The number of nitrogens with one attached hydrogen (secondary N) is 1. The van der Waals surface area contributed by atoms with Gasteiger partial charge in [-0.1, -0.05) is 13.3 Å². The van der Waals surface area contributed by atoms with Crippen LogP contribution in [0.4, 0.5) is 4.79 Å². The van der Waals surface area contributed by atoms with Crippen molar-refractivity contribution in [3.63, 3.8) is 0 Å².